The van der Waals surface area contributed by atoms with Crippen LogP contribution in [0.4, 0.5) is 0 Å². The number of nitrogens with one attached hydrogen (secondary N) is 1. The highest BCUT2D eigenvalue weighted by Gasteiger charge is 2.40. The van der Waals surface area contributed by atoms with Gasteiger partial charge < -0.3 is 16.0 Å². The van der Waals surface area contributed by atoms with Crippen molar-refractivity contribution in [2.75, 3.05) is 0 Å². The minimum atomic E-state index is -0.623. The van der Waals surface area contributed by atoms with Gasteiger partial charge in [-0.15, -0.1) is 0 Å². The van der Waals surface area contributed by atoms with Gasteiger partial charge in [-0.25, -0.2) is 9.67 Å². The van der Waals surface area contributed by atoms with Crippen molar-refractivity contribution >= 4 is 23.4 Å². The van der Waals surface area contributed by atoms with E-state index in [1.54, 1.807) is 28.0 Å². The summed E-state index contributed by atoms with van der Waals surface area (Å²) in [6, 6.07) is 4.21. The summed E-state index contributed by atoms with van der Waals surface area (Å²) >= 11 is 6.17. The predicted molar refractivity (Wildman–Crippen MR) is 120 cm³/mol. The van der Waals surface area contributed by atoms with Gasteiger partial charge in [-0.2, -0.15) is 5.10 Å². The average molecular weight is 447 g/mol. The zero-order valence-corrected chi connectivity index (χ0v) is 19.3. The smallest absolute Gasteiger partial charge is 0.243 e. The third-order valence-corrected chi connectivity index (χ3v) is 5.77. The molecule has 1 aliphatic heterocycles. The molecule has 8 nitrogen and oxygen atoms in total. The van der Waals surface area contributed by atoms with Gasteiger partial charge in [0.2, 0.25) is 11.8 Å². The Labute approximate surface area is 188 Å². The maximum absolute atomic E-state index is 13.1. The van der Waals surface area contributed by atoms with Crippen molar-refractivity contribution in [2.45, 2.75) is 71.6 Å². The normalized spacial score (nSPS) is 20.0. The molecule has 0 bridgehead atoms. The van der Waals surface area contributed by atoms with Crippen LogP contribution in [0.15, 0.2) is 30.9 Å². The Morgan fingerprint density at radius 3 is 2.71 bits per heavy atom. The molecule has 2 heterocycles. The first-order valence-electron chi connectivity index (χ1n) is 10.6. The lowest BCUT2D eigenvalue weighted by atomic mass is 9.88. The highest BCUT2D eigenvalue weighted by molar-refractivity contribution is 6.30. The van der Waals surface area contributed by atoms with Crippen LogP contribution in [0.1, 0.15) is 52.5 Å². The van der Waals surface area contributed by atoms with E-state index in [1.165, 1.54) is 6.33 Å². The summed E-state index contributed by atoms with van der Waals surface area (Å²) in [6.45, 7) is 8.38. The molecule has 31 heavy (non-hydrogen) atoms. The van der Waals surface area contributed by atoms with Crippen LogP contribution in [0, 0.1) is 5.41 Å². The zero-order chi connectivity index (χ0) is 22.8. The molecule has 1 aliphatic rings. The summed E-state index contributed by atoms with van der Waals surface area (Å²) in [6.07, 6.45) is 4.98. The van der Waals surface area contributed by atoms with Crippen LogP contribution in [0.5, 0.6) is 0 Å². The molecule has 0 radical (unpaired) electrons. The van der Waals surface area contributed by atoms with Crippen molar-refractivity contribution in [1.82, 2.24) is 25.0 Å². The number of nitrogens with two attached hydrogens (primary N) is 1. The average Bonchev–Trinajstić information content (AvgIpc) is 3.34. The Morgan fingerprint density at radius 1 is 1.32 bits per heavy atom. The van der Waals surface area contributed by atoms with Crippen LogP contribution < -0.4 is 11.1 Å². The lowest BCUT2D eigenvalue weighted by Crippen LogP contribution is -2.53. The second kappa shape index (κ2) is 9.36. The highest BCUT2D eigenvalue weighted by Crippen LogP contribution is 2.28. The molecule has 3 N–H and O–H groups in total. The monoisotopic (exact) mass is 446 g/mol. The standard InChI is InChI=1S/C22H31ClN6O2/c1-14-5-7-19(29(14)21(31)17(24)10-22(2,3)4)20(30)26-11-15-9-16(23)6-8-18(15)28-13-25-12-27-28/h6,8-9,12-14,17,19H,5,7,10-11,24H2,1-4H3,(H,26,30)/t14?,17-,19?/m1/s1. The first kappa shape index (κ1) is 23.2. The van der Waals surface area contributed by atoms with E-state index in [4.69, 9.17) is 17.3 Å². The van der Waals surface area contributed by atoms with Crippen molar-refractivity contribution < 1.29 is 9.59 Å². The van der Waals surface area contributed by atoms with Crippen LogP contribution >= 0.6 is 11.6 Å². The molecular formula is C22H31ClN6O2. The second-order valence-electron chi connectivity index (χ2n) is 9.39. The van der Waals surface area contributed by atoms with E-state index in [-0.39, 0.29) is 29.8 Å². The molecule has 0 spiro atoms. The molecular weight excluding hydrogens is 416 g/mol. The summed E-state index contributed by atoms with van der Waals surface area (Å²) in [5, 5.41) is 7.69. The number of hydrogen-bond acceptors (Lipinski definition) is 5. The van der Waals surface area contributed by atoms with Gasteiger partial charge in [0.05, 0.1) is 11.7 Å². The zero-order valence-electron chi connectivity index (χ0n) is 18.5. The molecule has 0 aliphatic carbocycles. The van der Waals surface area contributed by atoms with E-state index in [2.05, 4.69) is 36.2 Å². The number of benzene rings is 1. The van der Waals surface area contributed by atoms with Gasteiger partial charge in [0.25, 0.3) is 0 Å². The predicted octanol–water partition coefficient (Wildman–Crippen LogP) is 2.68. The third kappa shape index (κ3) is 5.62. The van der Waals surface area contributed by atoms with Crippen LogP contribution in [0.3, 0.4) is 0 Å². The summed E-state index contributed by atoms with van der Waals surface area (Å²) in [4.78, 5) is 31.8. The van der Waals surface area contributed by atoms with Gasteiger partial charge in [0.15, 0.2) is 0 Å². The van der Waals surface area contributed by atoms with Gasteiger partial charge in [0.1, 0.15) is 18.7 Å². The second-order valence-corrected chi connectivity index (χ2v) is 9.83. The van der Waals surface area contributed by atoms with Crippen molar-refractivity contribution in [3.8, 4) is 5.69 Å². The van der Waals surface area contributed by atoms with E-state index in [0.29, 0.717) is 17.9 Å². The molecule has 9 heteroatoms. The number of rotatable bonds is 6. The summed E-state index contributed by atoms with van der Waals surface area (Å²) in [5.74, 6) is -0.351. The Bertz CT molecular complexity index is 925. The Morgan fingerprint density at radius 2 is 2.06 bits per heavy atom. The summed E-state index contributed by atoms with van der Waals surface area (Å²) < 4.78 is 1.62. The minimum absolute atomic E-state index is 0.0221. The number of carbonyl (C=O) groups is 2. The van der Waals surface area contributed by atoms with Gasteiger partial charge in [-0.1, -0.05) is 32.4 Å². The highest BCUT2D eigenvalue weighted by atomic mass is 35.5. The molecule has 1 saturated heterocycles. The maximum Gasteiger partial charge on any atom is 0.243 e. The number of nitrogens with zero attached hydrogens (tertiary/aromatic N) is 4. The molecule has 168 valence electrons. The summed E-state index contributed by atoms with van der Waals surface area (Å²) in [7, 11) is 0. The van der Waals surface area contributed by atoms with Crippen LogP contribution in [-0.2, 0) is 16.1 Å². The van der Waals surface area contributed by atoms with E-state index in [9.17, 15) is 9.59 Å². The van der Waals surface area contributed by atoms with Crippen molar-refractivity contribution in [1.29, 1.82) is 0 Å². The Hall–Kier alpha value is -2.45. The van der Waals surface area contributed by atoms with Crippen LogP contribution in [-0.4, -0.2) is 49.6 Å². The molecule has 0 saturated carbocycles. The van der Waals surface area contributed by atoms with Gasteiger partial charge >= 0.3 is 0 Å². The third-order valence-electron chi connectivity index (χ3n) is 5.54. The van der Waals surface area contributed by atoms with Crippen molar-refractivity contribution in [3.05, 3.63) is 41.4 Å². The number of carbonyl (C=O) groups excluding carboxylic acids is 2. The quantitative estimate of drug-likeness (QED) is 0.709. The van der Waals surface area contributed by atoms with Crippen molar-refractivity contribution in [3.63, 3.8) is 0 Å². The van der Waals surface area contributed by atoms with Crippen LogP contribution in [0.25, 0.3) is 5.69 Å². The van der Waals surface area contributed by atoms with Crippen molar-refractivity contribution in [2.24, 2.45) is 11.1 Å². The fourth-order valence-electron chi connectivity index (χ4n) is 4.10. The molecule has 3 atom stereocenters. The fourth-order valence-corrected chi connectivity index (χ4v) is 4.30. The minimum Gasteiger partial charge on any atom is -0.350 e. The SMILES string of the molecule is CC1CCC(C(=O)NCc2cc(Cl)ccc2-n2cncn2)N1C(=O)[C@H](N)CC(C)(C)C. The number of likely N-dealkylation sites (tertiary alicyclic amines) is 1. The lowest BCUT2D eigenvalue weighted by Gasteiger charge is -2.32. The lowest BCUT2D eigenvalue weighted by molar-refractivity contribution is -0.141. The van der Waals surface area contributed by atoms with Crippen LogP contribution in [0.2, 0.25) is 5.02 Å². The van der Waals surface area contributed by atoms with Gasteiger partial charge in [-0.05, 0) is 55.4 Å². The van der Waals surface area contributed by atoms with E-state index in [1.807, 2.05) is 13.0 Å². The van der Waals surface area contributed by atoms with E-state index in [0.717, 1.165) is 17.7 Å². The Balaban J connectivity index is 1.72. The Kier molecular flexibility index (Phi) is 7.01. The number of hydrogen-bond donors (Lipinski definition) is 2. The fraction of sp³-hybridized carbons (Fsp3) is 0.545. The number of amides is 2. The van der Waals surface area contributed by atoms with Gasteiger partial charge in [0, 0.05) is 17.6 Å². The van der Waals surface area contributed by atoms with Gasteiger partial charge in [-0.3, -0.25) is 9.59 Å². The topological polar surface area (TPSA) is 106 Å². The van der Waals surface area contributed by atoms with E-state index >= 15 is 0 Å². The molecule has 2 unspecified atom stereocenters. The first-order valence-corrected chi connectivity index (χ1v) is 10.9. The number of aromatic nitrogens is 3. The van der Waals surface area contributed by atoms with E-state index < -0.39 is 12.1 Å². The first-order chi connectivity index (χ1) is 14.6. The molecule has 1 aromatic carbocycles. The molecule has 2 aromatic rings. The number of halogens is 1. The maximum atomic E-state index is 13.1. The largest absolute Gasteiger partial charge is 0.350 e. The summed E-state index contributed by atoms with van der Waals surface area (Å²) in [5.41, 5.74) is 7.73. The molecule has 3 rings (SSSR count). The molecule has 1 fully saturated rings. The molecule has 2 amide bonds. The molecule has 1 aromatic heterocycles.